The van der Waals surface area contributed by atoms with Gasteiger partial charge in [0.25, 0.3) is 0 Å². The van der Waals surface area contributed by atoms with E-state index in [1.165, 1.54) is 17.3 Å². The molecular weight excluding hydrogens is 370 g/mol. The van der Waals surface area contributed by atoms with E-state index in [4.69, 9.17) is 10.00 Å². The molecule has 0 unspecified atom stereocenters. The average Bonchev–Trinajstić information content (AvgIpc) is 3.36. The first kappa shape index (κ1) is 18.4. The Balaban J connectivity index is 1.14. The minimum absolute atomic E-state index is 0.627. The molecule has 0 radical (unpaired) electrons. The zero-order chi connectivity index (χ0) is 19.2. The molecule has 0 spiro atoms. The molecule has 0 amide bonds. The van der Waals surface area contributed by atoms with E-state index in [0.29, 0.717) is 12.2 Å². The molecule has 4 rings (SSSR count). The van der Waals surface area contributed by atoms with Crippen molar-refractivity contribution < 1.29 is 4.74 Å². The Hall–Kier alpha value is -2.95. The molecule has 0 aliphatic carbocycles. The van der Waals surface area contributed by atoms with E-state index in [-0.39, 0.29) is 0 Å². The van der Waals surface area contributed by atoms with Gasteiger partial charge in [0.1, 0.15) is 23.4 Å². The van der Waals surface area contributed by atoms with Gasteiger partial charge in [-0.05, 0) is 61.7 Å². The summed E-state index contributed by atoms with van der Waals surface area (Å²) in [5, 5.41) is 13.6. The SMILES string of the molecule is N#Cc1ccc2[nH]cc(CCCCNCCOc3ccc4nsnc4c3)c2c1. The summed E-state index contributed by atoms with van der Waals surface area (Å²) in [5.41, 5.74) is 4.88. The fraction of sp³-hybridized carbons (Fsp3) is 0.286. The van der Waals surface area contributed by atoms with Crippen LogP contribution in [0.15, 0.2) is 42.6 Å². The smallest absolute Gasteiger partial charge is 0.121 e. The first-order valence-electron chi connectivity index (χ1n) is 9.39. The Bertz CT molecular complexity index is 1110. The van der Waals surface area contributed by atoms with Gasteiger partial charge in [0.05, 0.1) is 23.4 Å². The van der Waals surface area contributed by atoms with Crippen LogP contribution >= 0.6 is 11.7 Å². The molecule has 0 saturated heterocycles. The molecule has 6 nitrogen and oxygen atoms in total. The van der Waals surface area contributed by atoms with Crippen molar-refractivity contribution in [2.75, 3.05) is 19.7 Å². The average molecular weight is 392 g/mol. The number of nitrogens with one attached hydrogen (secondary N) is 2. The van der Waals surface area contributed by atoms with Crippen molar-refractivity contribution in [3.8, 4) is 11.8 Å². The molecule has 0 aliphatic rings. The fourth-order valence-electron chi connectivity index (χ4n) is 3.24. The van der Waals surface area contributed by atoms with Gasteiger partial charge in [-0.3, -0.25) is 0 Å². The summed E-state index contributed by atoms with van der Waals surface area (Å²) in [7, 11) is 0. The van der Waals surface area contributed by atoms with Gasteiger partial charge in [-0.15, -0.1) is 0 Å². The Morgan fingerprint density at radius 1 is 1.07 bits per heavy atom. The lowest BCUT2D eigenvalue weighted by Gasteiger charge is -2.07. The predicted octanol–water partition coefficient (Wildman–Crippen LogP) is 4.04. The van der Waals surface area contributed by atoms with E-state index in [1.807, 2.05) is 36.4 Å². The van der Waals surface area contributed by atoms with Crippen molar-refractivity contribution in [3.63, 3.8) is 0 Å². The number of aromatic nitrogens is 3. The van der Waals surface area contributed by atoms with Crippen LogP contribution < -0.4 is 10.1 Å². The van der Waals surface area contributed by atoms with Crippen LogP contribution in [-0.4, -0.2) is 33.4 Å². The number of aryl methyl sites for hydroxylation is 1. The summed E-state index contributed by atoms with van der Waals surface area (Å²) in [6.07, 6.45) is 5.27. The summed E-state index contributed by atoms with van der Waals surface area (Å²) >= 11 is 1.22. The van der Waals surface area contributed by atoms with Crippen molar-refractivity contribution in [3.05, 3.63) is 53.7 Å². The van der Waals surface area contributed by atoms with Crippen molar-refractivity contribution in [1.82, 2.24) is 19.0 Å². The molecule has 2 aromatic heterocycles. The Labute approximate surface area is 167 Å². The topological polar surface area (TPSA) is 86.6 Å². The van der Waals surface area contributed by atoms with Crippen LogP contribution in [0, 0.1) is 11.3 Å². The number of H-pyrrole nitrogens is 1. The number of ether oxygens (including phenoxy) is 1. The predicted molar refractivity (Wildman–Crippen MR) is 112 cm³/mol. The molecule has 2 heterocycles. The van der Waals surface area contributed by atoms with E-state index in [1.54, 1.807) is 0 Å². The van der Waals surface area contributed by atoms with Gasteiger partial charge in [0.2, 0.25) is 0 Å². The second-order valence-corrected chi connectivity index (χ2v) is 7.18. The van der Waals surface area contributed by atoms with Gasteiger partial charge in [0.15, 0.2) is 0 Å². The summed E-state index contributed by atoms with van der Waals surface area (Å²) in [6, 6.07) is 13.8. The van der Waals surface area contributed by atoms with Crippen molar-refractivity contribution in [1.29, 1.82) is 5.26 Å². The molecule has 7 heteroatoms. The van der Waals surface area contributed by atoms with Crippen molar-refractivity contribution in [2.24, 2.45) is 0 Å². The molecule has 4 aromatic rings. The summed E-state index contributed by atoms with van der Waals surface area (Å²) in [6.45, 7) is 2.40. The highest BCUT2D eigenvalue weighted by molar-refractivity contribution is 7.00. The second-order valence-electron chi connectivity index (χ2n) is 6.66. The molecule has 2 aromatic carbocycles. The maximum absolute atomic E-state index is 9.07. The standard InChI is InChI=1S/C21H21N5OS/c22-13-15-4-6-19-18(11-15)16(14-24-19)3-1-2-8-23-9-10-27-17-5-7-20-21(12-17)26-28-25-20/h4-7,11-12,14,23-24H,1-3,8-10H2. The lowest BCUT2D eigenvalue weighted by molar-refractivity contribution is 0.314. The summed E-state index contributed by atoms with van der Waals surface area (Å²) in [4.78, 5) is 3.28. The van der Waals surface area contributed by atoms with Crippen LogP contribution in [0.1, 0.15) is 24.0 Å². The number of rotatable bonds is 9. The number of aromatic amines is 1. The third-order valence-electron chi connectivity index (χ3n) is 4.72. The number of nitrogens with zero attached hydrogens (tertiary/aromatic N) is 3. The highest BCUT2D eigenvalue weighted by Gasteiger charge is 2.05. The van der Waals surface area contributed by atoms with E-state index in [0.717, 1.165) is 60.0 Å². The van der Waals surface area contributed by atoms with Crippen LogP contribution in [0.2, 0.25) is 0 Å². The Kier molecular flexibility index (Phi) is 5.80. The Morgan fingerprint density at radius 3 is 2.93 bits per heavy atom. The number of benzene rings is 2. The monoisotopic (exact) mass is 391 g/mol. The van der Waals surface area contributed by atoms with Gasteiger partial charge in [-0.1, -0.05) is 0 Å². The number of unbranched alkanes of at least 4 members (excludes halogenated alkanes) is 1. The minimum atomic E-state index is 0.627. The first-order valence-corrected chi connectivity index (χ1v) is 10.1. The molecule has 28 heavy (non-hydrogen) atoms. The van der Waals surface area contributed by atoms with Gasteiger partial charge >= 0.3 is 0 Å². The third kappa shape index (κ3) is 4.30. The lowest BCUT2D eigenvalue weighted by Crippen LogP contribution is -2.22. The highest BCUT2D eigenvalue weighted by atomic mass is 32.1. The summed E-state index contributed by atoms with van der Waals surface area (Å²) in [5.74, 6) is 0.832. The molecule has 142 valence electrons. The molecule has 0 atom stereocenters. The van der Waals surface area contributed by atoms with E-state index < -0.39 is 0 Å². The molecule has 0 bridgehead atoms. The fourth-order valence-corrected chi connectivity index (χ4v) is 3.76. The lowest BCUT2D eigenvalue weighted by atomic mass is 10.1. The van der Waals surface area contributed by atoms with Crippen LogP contribution in [0.25, 0.3) is 21.9 Å². The van der Waals surface area contributed by atoms with Crippen LogP contribution in [0.4, 0.5) is 0 Å². The minimum Gasteiger partial charge on any atom is -0.492 e. The number of fused-ring (bicyclic) bond motifs is 2. The largest absolute Gasteiger partial charge is 0.492 e. The van der Waals surface area contributed by atoms with E-state index in [2.05, 4.69) is 31.3 Å². The normalized spacial score (nSPS) is 11.1. The number of nitriles is 1. The van der Waals surface area contributed by atoms with E-state index in [9.17, 15) is 0 Å². The highest BCUT2D eigenvalue weighted by Crippen LogP contribution is 2.21. The molecule has 0 fully saturated rings. The number of hydrogen-bond acceptors (Lipinski definition) is 6. The van der Waals surface area contributed by atoms with Crippen molar-refractivity contribution in [2.45, 2.75) is 19.3 Å². The van der Waals surface area contributed by atoms with Crippen molar-refractivity contribution >= 4 is 33.7 Å². The summed E-state index contributed by atoms with van der Waals surface area (Å²) < 4.78 is 14.2. The zero-order valence-electron chi connectivity index (χ0n) is 15.4. The molecule has 0 saturated carbocycles. The quantitative estimate of drug-likeness (QED) is 0.421. The molecular formula is C21H21N5OS. The van der Waals surface area contributed by atoms with Crippen LogP contribution in [0.3, 0.4) is 0 Å². The second kappa shape index (κ2) is 8.83. The maximum Gasteiger partial charge on any atom is 0.121 e. The van der Waals surface area contributed by atoms with Gasteiger partial charge in [-0.2, -0.15) is 14.0 Å². The van der Waals surface area contributed by atoms with Gasteiger partial charge in [0, 0.05) is 29.7 Å². The van der Waals surface area contributed by atoms with Gasteiger partial charge < -0.3 is 15.0 Å². The Morgan fingerprint density at radius 2 is 2.00 bits per heavy atom. The third-order valence-corrected chi connectivity index (χ3v) is 5.28. The zero-order valence-corrected chi connectivity index (χ0v) is 16.3. The van der Waals surface area contributed by atoms with Crippen LogP contribution in [-0.2, 0) is 6.42 Å². The first-order chi connectivity index (χ1) is 13.8. The number of hydrogen-bond donors (Lipinski definition) is 2. The molecule has 0 aliphatic heterocycles. The molecule has 2 N–H and O–H groups in total. The maximum atomic E-state index is 9.07. The van der Waals surface area contributed by atoms with Crippen LogP contribution in [0.5, 0.6) is 5.75 Å². The van der Waals surface area contributed by atoms with Gasteiger partial charge in [-0.25, -0.2) is 0 Å². The van der Waals surface area contributed by atoms with E-state index >= 15 is 0 Å².